The van der Waals surface area contributed by atoms with E-state index in [9.17, 15) is 0 Å². The average Bonchev–Trinajstić information content (AvgIpc) is 2.29. The second kappa shape index (κ2) is 5.42. The van der Waals surface area contributed by atoms with Gasteiger partial charge in [-0.25, -0.2) is 4.98 Å². The van der Waals surface area contributed by atoms with Gasteiger partial charge in [0.05, 0.1) is 13.2 Å². The largest absolute Gasteiger partial charge is 0.474 e. The van der Waals surface area contributed by atoms with E-state index in [1.807, 2.05) is 13.0 Å². The van der Waals surface area contributed by atoms with Gasteiger partial charge in [0, 0.05) is 30.2 Å². The molecule has 1 aromatic heterocycles. The number of rotatable bonds is 3. The van der Waals surface area contributed by atoms with E-state index in [1.165, 1.54) is 0 Å². The Hall–Kier alpha value is -1.20. The molecule has 1 aliphatic heterocycles. The first-order valence-electron chi connectivity index (χ1n) is 5.68. The molecule has 0 aliphatic carbocycles. The number of hydrogen-bond donors (Lipinski definition) is 1. The molecule has 0 unspecified atom stereocenters. The molecule has 4 nitrogen and oxygen atoms in total. The number of thiocarbonyl (C=S) groups is 1. The van der Waals surface area contributed by atoms with Gasteiger partial charge < -0.3 is 15.2 Å². The lowest BCUT2D eigenvalue weighted by Gasteiger charge is -2.23. The van der Waals surface area contributed by atoms with Crippen LogP contribution in [0.2, 0.25) is 0 Å². The van der Waals surface area contributed by atoms with Crippen LogP contribution in [0, 0.1) is 6.92 Å². The lowest BCUT2D eigenvalue weighted by molar-refractivity contribution is 0.0237. The van der Waals surface area contributed by atoms with E-state index in [-0.39, 0.29) is 6.10 Å². The smallest absolute Gasteiger partial charge is 0.214 e. The second-order valence-corrected chi connectivity index (χ2v) is 4.57. The third-order valence-corrected chi connectivity index (χ3v) is 2.91. The number of hydrogen-bond acceptors (Lipinski definition) is 4. The minimum Gasteiger partial charge on any atom is -0.474 e. The summed E-state index contributed by atoms with van der Waals surface area (Å²) < 4.78 is 11.1. The number of aryl methyl sites for hydroxylation is 1. The van der Waals surface area contributed by atoms with Crippen molar-refractivity contribution in [1.82, 2.24) is 4.98 Å². The van der Waals surface area contributed by atoms with Crippen molar-refractivity contribution in [1.29, 1.82) is 0 Å². The maximum atomic E-state index is 5.82. The summed E-state index contributed by atoms with van der Waals surface area (Å²) >= 11 is 4.96. The zero-order chi connectivity index (χ0) is 12.3. The topological polar surface area (TPSA) is 57.4 Å². The molecule has 0 radical (unpaired) electrons. The highest BCUT2D eigenvalue weighted by molar-refractivity contribution is 7.80. The molecule has 92 valence electrons. The van der Waals surface area contributed by atoms with Crippen molar-refractivity contribution < 1.29 is 9.47 Å². The minimum atomic E-state index is 0.178. The van der Waals surface area contributed by atoms with E-state index in [2.05, 4.69) is 4.98 Å². The van der Waals surface area contributed by atoms with Crippen molar-refractivity contribution in [3.8, 4) is 5.88 Å². The van der Waals surface area contributed by atoms with Crippen LogP contribution in [0.3, 0.4) is 0 Å². The maximum Gasteiger partial charge on any atom is 0.214 e. The van der Waals surface area contributed by atoms with Crippen LogP contribution in [0.5, 0.6) is 5.88 Å². The van der Waals surface area contributed by atoms with E-state index < -0.39 is 0 Å². The molecule has 2 rings (SSSR count). The van der Waals surface area contributed by atoms with Crippen LogP contribution in [0.15, 0.2) is 12.1 Å². The van der Waals surface area contributed by atoms with Crippen LogP contribution in [-0.4, -0.2) is 29.3 Å². The zero-order valence-electron chi connectivity index (χ0n) is 9.81. The normalized spacial score (nSPS) is 16.8. The Morgan fingerprint density at radius 2 is 2.18 bits per heavy atom. The average molecular weight is 252 g/mol. The number of nitrogens with two attached hydrogens (primary N) is 1. The van der Waals surface area contributed by atoms with Crippen LogP contribution >= 0.6 is 12.2 Å². The van der Waals surface area contributed by atoms with E-state index in [4.69, 9.17) is 27.4 Å². The van der Waals surface area contributed by atoms with Crippen LogP contribution in [0.4, 0.5) is 0 Å². The van der Waals surface area contributed by atoms with Gasteiger partial charge in [0.15, 0.2) is 0 Å². The van der Waals surface area contributed by atoms with E-state index in [0.717, 1.165) is 37.3 Å². The van der Waals surface area contributed by atoms with E-state index >= 15 is 0 Å². The first-order valence-corrected chi connectivity index (χ1v) is 6.09. The summed E-state index contributed by atoms with van der Waals surface area (Å²) in [7, 11) is 0. The number of pyridine rings is 1. The third kappa shape index (κ3) is 3.38. The van der Waals surface area contributed by atoms with Crippen LogP contribution < -0.4 is 10.5 Å². The highest BCUT2D eigenvalue weighted by Crippen LogP contribution is 2.18. The monoisotopic (exact) mass is 252 g/mol. The van der Waals surface area contributed by atoms with E-state index in [1.54, 1.807) is 6.07 Å². The molecule has 0 spiro atoms. The summed E-state index contributed by atoms with van der Waals surface area (Å²) in [6.07, 6.45) is 1.98. The van der Waals surface area contributed by atoms with Crippen LogP contribution in [-0.2, 0) is 4.74 Å². The second-order valence-electron chi connectivity index (χ2n) is 4.13. The molecule has 17 heavy (non-hydrogen) atoms. The third-order valence-electron chi connectivity index (χ3n) is 2.67. The number of nitrogens with zero attached hydrogens (tertiary/aromatic N) is 1. The summed E-state index contributed by atoms with van der Waals surface area (Å²) in [4.78, 5) is 4.70. The Kier molecular flexibility index (Phi) is 3.91. The highest BCUT2D eigenvalue weighted by Gasteiger charge is 2.16. The first kappa shape index (κ1) is 12.3. The van der Waals surface area contributed by atoms with Crippen molar-refractivity contribution >= 4 is 17.2 Å². The predicted octanol–water partition coefficient (Wildman–Crippen LogP) is 1.58. The predicted molar refractivity (Wildman–Crippen MR) is 69.3 cm³/mol. The quantitative estimate of drug-likeness (QED) is 0.828. The van der Waals surface area contributed by atoms with Gasteiger partial charge >= 0.3 is 0 Å². The fourth-order valence-electron chi connectivity index (χ4n) is 1.81. The summed E-state index contributed by atoms with van der Waals surface area (Å²) in [5.74, 6) is 0.597. The molecule has 0 bridgehead atoms. The van der Waals surface area contributed by atoms with Crippen molar-refractivity contribution in [3.05, 3.63) is 23.4 Å². The Morgan fingerprint density at radius 3 is 2.82 bits per heavy atom. The molecule has 2 heterocycles. The fourth-order valence-corrected chi connectivity index (χ4v) is 1.92. The lowest BCUT2D eigenvalue weighted by Crippen LogP contribution is -2.26. The van der Waals surface area contributed by atoms with Gasteiger partial charge in [-0.2, -0.15) is 0 Å². The number of ether oxygens (including phenoxy) is 2. The Balaban J connectivity index is 2.11. The Labute approximate surface area is 106 Å². The SMILES string of the molecule is Cc1cc(C(N)=S)cc(OC2CCOCC2)n1. The van der Waals surface area contributed by atoms with Gasteiger partial charge in [-0.05, 0) is 13.0 Å². The standard InChI is InChI=1S/C12H16N2O2S/c1-8-6-9(12(13)17)7-11(14-8)16-10-2-4-15-5-3-10/h6-7,10H,2-5H2,1H3,(H2,13,17). The first-order chi connectivity index (χ1) is 8.15. The Morgan fingerprint density at radius 1 is 1.47 bits per heavy atom. The van der Waals surface area contributed by atoms with Gasteiger partial charge in [0.2, 0.25) is 5.88 Å². The summed E-state index contributed by atoms with van der Waals surface area (Å²) in [6, 6.07) is 3.66. The summed E-state index contributed by atoms with van der Waals surface area (Å²) in [5.41, 5.74) is 7.27. The van der Waals surface area contributed by atoms with Crippen molar-refractivity contribution in [2.45, 2.75) is 25.9 Å². The van der Waals surface area contributed by atoms with Gasteiger partial charge in [-0.3, -0.25) is 0 Å². The molecular formula is C12H16N2O2S. The minimum absolute atomic E-state index is 0.178. The molecule has 1 saturated heterocycles. The highest BCUT2D eigenvalue weighted by atomic mass is 32.1. The summed E-state index contributed by atoms with van der Waals surface area (Å²) in [5, 5.41) is 0. The molecule has 1 aromatic rings. The molecule has 1 fully saturated rings. The van der Waals surface area contributed by atoms with Gasteiger partial charge in [0.25, 0.3) is 0 Å². The fraction of sp³-hybridized carbons (Fsp3) is 0.500. The van der Waals surface area contributed by atoms with Crippen molar-refractivity contribution in [3.63, 3.8) is 0 Å². The molecule has 0 atom stereocenters. The molecule has 1 aliphatic rings. The molecule has 0 saturated carbocycles. The molecule has 0 aromatic carbocycles. The van der Waals surface area contributed by atoms with Gasteiger partial charge in [-0.1, -0.05) is 12.2 Å². The Bertz CT molecular complexity index is 417. The van der Waals surface area contributed by atoms with Gasteiger partial charge in [-0.15, -0.1) is 0 Å². The van der Waals surface area contributed by atoms with Gasteiger partial charge in [0.1, 0.15) is 11.1 Å². The van der Waals surface area contributed by atoms with Crippen LogP contribution in [0.1, 0.15) is 24.1 Å². The molecular weight excluding hydrogens is 236 g/mol. The number of aromatic nitrogens is 1. The van der Waals surface area contributed by atoms with E-state index in [0.29, 0.717) is 10.9 Å². The molecule has 2 N–H and O–H groups in total. The van der Waals surface area contributed by atoms with Crippen molar-refractivity contribution in [2.24, 2.45) is 5.73 Å². The van der Waals surface area contributed by atoms with Crippen LogP contribution in [0.25, 0.3) is 0 Å². The zero-order valence-corrected chi connectivity index (χ0v) is 10.6. The molecule has 0 amide bonds. The maximum absolute atomic E-state index is 5.82. The molecule has 5 heteroatoms. The van der Waals surface area contributed by atoms with Crippen molar-refractivity contribution in [2.75, 3.05) is 13.2 Å². The summed E-state index contributed by atoms with van der Waals surface area (Å²) in [6.45, 7) is 3.40. The lowest BCUT2D eigenvalue weighted by atomic mass is 10.1.